The molecule has 1 heterocycles. The van der Waals surface area contributed by atoms with Crippen LogP contribution in [0.3, 0.4) is 0 Å². The molecule has 7 nitrogen and oxygen atoms in total. The molecule has 0 spiro atoms. The van der Waals surface area contributed by atoms with Gasteiger partial charge in [-0.3, -0.25) is 0 Å². The Labute approximate surface area is 189 Å². The number of halogens is 1. The van der Waals surface area contributed by atoms with Crippen molar-refractivity contribution in [2.24, 2.45) is 0 Å². The van der Waals surface area contributed by atoms with Gasteiger partial charge in [-0.15, -0.1) is 0 Å². The summed E-state index contributed by atoms with van der Waals surface area (Å²) in [6.07, 6.45) is 8.27. The van der Waals surface area contributed by atoms with E-state index in [1.807, 2.05) is 26.2 Å². The van der Waals surface area contributed by atoms with E-state index in [0.29, 0.717) is 16.8 Å². The first-order chi connectivity index (χ1) is 15.0. The van der Waals surface area contributed by atoms with Crippen LogP contribution in [-0.2, 0) is 12.8 Å². The van der Waals surface area contributed by atoms with Gasteiger partial charge in [0.05, 0.1) is 16.4 Å². The maximum Gasteiger partial charge on any atom is 0.319 e. The second-order valence-corrected chi connectivity index (χ2v) is 9.08. The molecule has 1 fully saturated rings. The van der Waals surface area contributed by atoms with Crippen LogP contribution in [0, 0.1) is 0 Å². The first-order valence-electron chi connectivity index (χ1n) is 11.2. The van der Waals surface area contributed by atoms with Crippen LogP contribution < -0.4 is 20.9 Å². The van der Waals surface area contributed by atoms with E-state index in [0.717, 1.165) is 50.3 Å². The number of aryl methyl sites for hydroxylation is 1. The van der Waals surface area contributed by atoms with Gasteiger partial charge < -0.3 is 20.9 Å². The van der Waals surface area contributed by atoms with Crippen LogP contribution in [0.15, 0.2) is 24.3 Å². The molecular formula is C23H31ClN6O. The first-order valence-corrected chi connectivity index (χ1v) is 11.5. The number of carbonyl (C=O) groups excluding carboxylic acids is 1. The zero-order chi connectivity index (χ0) is 21.8. The number of carbonyl (C=O) groups is 1. The van der Waals surface area contributed by atoms with E-state index in [1.54, 1.807) is 12.1 Å². The van der Waals surface area contributed by atoms with Crippen molar-refractivity contribution in [3.63, 3.8) is 0 Å². The minimum atomic E-state index is -0.210. The molecule has 2 aliphatic rings. The summed E-state index contributed by atoms with van der Waals surface area (Å²) in [6.45, 7) is 0. The lowest BCUT2D eigenvalue weighted by Crippen LogP contribution is -2.42. The highest BCUT2D eigenvalue weighted by atomic mass is 35.5. The largest absolute Gasteiger partial charge is 0.362 e. The molecule has 31 heavy (non-hydrogen) atoms. The van der Waals surface area contributed by atoms with Crippen molar-refractivity contribution in [1.29, 1.82) is 0 Å². The number of nitrogens with one attached hydrogen (secondary N) is 3. The van der Waals surface area contributed by atoms with Gasteiger partial charge in [0.2, 0.25) is 5.95 Å². The first kappa shape index (κ1) is 21.7. The number of para-hydroxylation sites is 1. The van der Waals surface area contributed by atoms with E-state index in [1.165, 1.54) is 24.1 Å². The minimum Gasteiger partial charge on any atom is -0.362 e. The minimum absolute atomic E-state index is 0.155. The lowest BCUT2D eigenvalue weighted by Gasteiger charge is -2.30. The Morgan fingerprint density at radius 3 is 2.48 bits per heavy atom. The lowest BCUT2D eigenvalue weighted by atomic mass is 9.91. The molecule has 1 aromatic heterocycles. The quantitative estimate of drug-likeness (QED) is 0.629. The number of aromatic nitrogens is 2. The fourth-order valence-electron chi connectivity index (χ4n) is 4.48. The second-order valence-electron chi connectivity index (χ2n) is 8.67. The summed E-state index contributed by atoms with van der Waals surface area (Å²) in [6, 6.07) is 7.51. The molecule has 1 aromatic carbocycles. The molecule has 2 amide bonds. The number of hydrogen-bond acceptors (Lipinski definition) is 5. The van der Waals surface area contributed by atoms with Crippen molar-refractivity contribution in [2.45, 2.75) is 63.5 Å². The van der Waals surface area contributed by atoms with Crippen molar-refractivity contribution in [3.8, 4) is 0 Å². The van der Waals surface area contributed by atoms with Crippen LogP contribution >= 0.6 is 11.6 Å². The summed E-state index contributed by atoms with van der Waals surface area (Å²) in [5.74, 6) is 1.77. The van der Waals surface area contributed by atoms with Crippen LogP contribution in [0.1, 0.15) is 49.8 Å². The van der Waals surface area contributed by atoms with Gasteiger partial charge in [0, 0.05) is 31.7 Å². The molecule has 3 N–H and O–H groups in total. The van der Waals surface area contributed by atoms with Crippen LogP contribution in [0.2, 0.25) is 5.02 Å². The van der Waals surface area contributed by atoms with Gasteiger partial charge in [-0.2, -0.15) is 4.98 Å². The molecule has 4 rings (SSSR count). The van der Waals surface area contributed by atoms with E-state index in [9.17, 15) is 4.79 Å². The number of anilines is 3. The number of benzene rings is 1. The molecule has 1 saturated carbocycles. The lowest BCUT2D eigenvalue weighted by molar-refractivity contribution is 0.243. The molecular weight excluding hydrogens is 412 g/mol. The average molecular weight is 443 g/mol. The van der Waals surface area contributed by atoms with Crippen molar-refractivity contribution < 1.29 is 4.79 Å². The number of urea groups is 1. The molecule has 0 unspecified atom stereocenters. The molecule has 166 valence electrons. The van der Waals surface area contributed by atoms with E-state index in [-0.39, 0.29) is 12.1 Å². The number of rotatable bonds is 5. The predicted molar refractivity (Wildman–Crippen MR) is 126 cm³/mol. The Balaban J connectivity index is 1.31. The summed E-state index contributed by atoms with van der Waals surface area (Å²) < 4.78 is 0. The molecule has 0 atom stereocenters. The average Bonchev–Trinajstić information content (AvgIpc) is 2.76. The van der Waals surface area contributed by atoms with Gasteiger partial charge in [-0.1, -0.05) is 23.7 Å². The fourth-order valence-corrected chi connectivity index (χ4v) is 4.66. The van der Waals surface area contributed by atoms with Crippen LogP contribution in [0.5, 0.6) is 0 Å². The van der Waals surface area contributed by atoms with E-state index in [4.69, 9.17) is 21.6 Å². The molecule has 0 bridgehead atoms. The Kier molecular flexibility index (Phi) is 6.80. The number of hydrogen-bond donors (Lipinski definition) is 3. The summed E-state index contributed by atoms with van der Waals surface area (Å²) in [7, 11) is 4.09. The third kappa shape index (κ3) is 5.39. The highest BCUT2D eigenvalue weighted by molar-refractivity contribution is 6.33. The van der Waals surface area contributed by atoms with Gasteiger partial charge >= 0.3 is 6.03 Å². The van der Waals surface area contributed by atoms with Gasteiger partial charge in [0.15, 0.2) is 0 Å². The summed E-state index contributed by atoms with van der Waals surface area (Å²) in [4.78, 5) is 24.1. The molecule has 0 aliphatic heterocycles. The van der Waals surface area contributed by atoms with E-state index >= 15 is 0 Å². The number of amides is 2. The van der Waals surface area contributed by atoms with Crippen LogP contribution in [0.25, 0.3) is 0 Å². The highest BCUT2D eigenvalue weighted by Crippen LogP contribution is 2.29. The fraction of sp³-hybridized carbons (Fsp3) is 0.522. The summed E-state index contributed by atoms with van der Waals surface area (Å²) in [5, 5.41) is 9.99. The Morgan fingerprint density at radius 2 is 1.74 bits per heavy atom. The van der Waals surface area contributed by atoms with Crippen LogP contribution in [0.4, 0.5) is 22.2 Å². The van der Waals surface area contributed by atoms with Gasteiger partial charge in [0.25, 0.3) is 0 Å². The molecule has 2 aliphatic carbocycles. The molecule has 0 saturated heterocycles. The maximum atomic E-state index is 12.3. The van der Waals surface area contributed by atoms with Gasteiger partial charge in [0.1, 0.15) is 5.82 Å². The Bertz CT molecular complexity index is 926. The highest BCUT2D eigenvalue weighted by Gasteiger charge is 2.25. The topological polar surface area (TPSA) is 82.2 Å². The molecule has 8 heteroatoms. The van der Waals surface area contributed by atoms with E-state index < -0.39 is 0 Å². The van der Waals surface area contributed by atoms with Crippen molar-refractivity contribution in [3.05, 3.63) is 40.5 Å². The Hall–Kier alpha value is -2.54. The SMILES string of the molecule is CN(C)c1nc(NC2CCC(NC(=O)Nc3ccccc3Cl)CC2)nc2c1CCCC2. The van der Waals surface area contributed by atoms with Gasteiger partial charge in [-0.05, 0) is 63.5 Å². The normalized spacial score (nSPS) is 20.5. The van der Waals surface area contributed by atoms with E-state index in [2.05, 4.69) is 20.9 Å². The zero-order valence-electron chi connectivity index (χ0n) is 18.2. The Morgan fingerprint density at radius 1 is 1.03 bits per heavy atom. The molecule has 0 radical (unpaired) electrons. The second kappa shape index (κ2) is 9.73. The van der Waals surface area contributed by atoms with Gasteiger partial charge in [-0.25, -0.2) is 9.78 Å². The van der Waals surface area contributed by atoms with Crippen LogP contribution in [-0.4, -0.2) is 42.2 Å². The number of fused-ring (bicyclic) bond motifs is 1. The van der Waals surface area contributed by atoms with Crippen molar-refractivity contribution in [2.75, 3.05) is 29.6 Å². The van der Waals surface area contributed by atoms with Crippen molar-refractivity contribution in [1.82, 2.24) is 15.3 Å². The zero-order valence-corrected chi connectivity index (χ0v) is 19.0. The maximum absolute atomic E-state index is 12.3. The standard InChI is InChI=1S/C23H31ClN6O/c1-30(2)21-17-7-3-5-9-19(17)27-22(29-21)25-15-11-13-16(14-12-15)26-23(31)28-20-10-6-4-8-18(20)24/h4,6,8,10,15-16H,3,5,7,9,11-14H2,1-2H3,(H,25,27,29)(H2,26,28,31). The summed E-state index contributed by atoms with van der Waals surface area (Å²) in [5.41, 5.74) is 3.12. The smallest absolute Gasteiger partial charge is 0.319 e. The third-order valence-electron chi connectivity index (χ3n) is 6.10. The predicted octanol–water partition coefficient (Wildman–Crippen LogP) is 4.62. The third-order valence-corrected chi connectivity index (χ3v) is 6.43. The number of nitrogens with zero attached hydrogens (tertiary/aromatic N) is 3. The summed E-state index contributed by atoms with van der Waals surface area (Å²) >= 11 is 6.12. The molecule has 2 aromatic rings. The van der Waals surface area contributed by atoms with Crippen molar-refractivity contribution >= 4 is 35.1 Å². The monoisotopic (exact) mass is 442 g/mol.